The molecule has 0 unspecified atom stereocenters. The van der Waals surface area contributed by atoms with Gasteiger partial charge in [0.2, 0.25) is 0 Å². The van der Waals surface area contributed by atoms with Crippen molar-refractivity contribution in [1.29, 1.82) is 0 Å². The predicted molar refractivity (Wildman–Crippen MR) is 63.8 cm³/mol. The molecule has 0 saturated heterocycles. The summed E-state index contributed by atoms with van der Waals surface area (Å²) in [6.07, 6.45) is 5.25. The second-order valence-electron chi connectivity index (χ2n) is 4.25. The Balaban J connectivity index is 2.12. The summed E-state index contributed by atoms with van der Waals surface area (Å²) in [5, 5.41) is 0. The third-order valence-corrected chi connectivity index (χ3v) is 3.02. The minimum atomic E-state index is 0.373. The van der Waals surface area contributed by atoms with Gasteiger partial charge in [-0.05, 0) is 43.4 Å². The van der Waals surface area contributed by atoms with Gasteiger partial charge in [-0.3, -0.25) is 0 Å². The molecule has 2 N–H and O–H groups in total. The molecular formula is C13H19NO2. The van der Waals surface area contributed by atoms with Crippen LogP contribution < -0.4 is 15.2 Å². The molecule has 0 spiro atoms. The van der Waals surface area contributed by atoms with Crippen molar-refractivity contribution >= 4 is 0 Å². The van der Waals surface area contributed by atoms with E-state index in [4.69, 9.17) is 15.2 Å². The van der Waals surface area contributed by atoms with E-state index in [0.717, 1.165) is 29.9 Å². The molecule has 0 heterocycles. The number of nitrogens with two attached hydrogens (primary N) is 1. The molecule has 3 nitrogen and oxygen atoms in total. The van der Waals surface area contributed by atoms with Crippen molar-refractivity contribution in [2.75, 3.05) is 7.11 Å². The van der Waals surface area contributed by atoms with E-state index in [9.17, 15) is 0 Å². The first-order chi connectivity index (χ1) is 7.81. The van der Waals surface area contributed by atoms with Gasteiger partial charge in [-0.2, -0.15) is 0 Å². The zero-order valence-electron chi connectivity index (χ0n) is 9.74. The van der Waals surface area contributed by atoms with Crippen molar-refractivity contribution in [3.8, 4) is 11.5 Å². The summed E-state index contributed by atoms with van der Waals surface area (Å²) < 4.78 is 11.2. The Bertz CT molecular complexity index is 324. The zero-order chi connectivity index (χ0) is 11.4. The van der Waals surface area contributed by atoms with Gasteiger partial charge >= 0.3 is 0 Å². The van der Waals surface area contributed by atoms with Gasteiger partial charge in [0.05, 0.1) is 13.2 Å². The van der Waals surface area contributed by atoms with Gasteiger partial charge in [-0.1, -0.05) is 0 Å². The molecule has 0 bridgehead atoms. The van der Waals surface area contributed by atoms with Crippen LogP contribution in [0.3, 0.4) is 0 Å². The molecule has 3 heteroatoms. The van der Waals surface area contributed by atoms with Crippen LogP contribution in [0.1, 0.15) is 31.2 Å². The fourth-order valence-corrected chi connectivity index (χ4v) is 2.13. The molecule has 1 aromatic rings. The molecule has 1 aliphatic carbocycles. The maximum absolute atomic E-state index is 5.92. The summed E-state index contributed by atoms with van der Waals surface area (Å²) in [4.78, 5) is 0. The van der Waals surface area contributed by atoms with Gasteiger partial charge in [-0.25, -0.2) is 0 Å². The third kappa shape index (κ3) is 2.67. The molecular weight excluding hydrogens is 202 g/mol. The summed E-state index contributed by atoms with van der Waals surface area (Å²) in [6.45, 7) is 0.512. The van der Waals surface area contributed by atoms with Crippen molar-refractivity contribution < 1.29 is 9.47 Å². The molecule has 0 atom stereocenters. The Hall–Kier alpha value is -1.22. The first-order valence-electron chi connectivity index (χ1n) is 5.86. The van der Waals surface area contributed by atoms with Gasteiger partial charge in [0, 0.05) is 12.6 Å². The lowest BCUT2D eigenvalue weighted by molar-refractivity contribution is 0.209. The van der Waals surface area contributed by atoms with Gasteiger partial charge in [0.25, 0.3) is 0 Å². The van der Waals surface area contributed by atoms with Crippen LogP contribution in [0, 0.1) is 0 Å². The van der Waals surface area contributed by atoms with Gasteiger partial charge < -0.3 is 15.2 Å². The summed E-state index contributed by atoms with van der Waals surface area (Å²) in [5.74, 6) is 1.70. The number of ether oxygens (including phenoxy) is 2. The van der Waals surface area contributed by atoms with Crippen molar-refractivity contribution in [3.05, 3.63) is 23.8 Å². The van der Waals surface area contributed by atoms with E-state index in [1.54, 1.807) is 7.11 Å². The first-order valence-corrected chi connectivity index (χ1v) is 5.86. The van der Waals surface area contributed by atoms with Crippen LogP contribution in [-0.4, -0.2) is 13.2 Å². The molecule has 2 rings (SSSR count). The Morgan fingerprint density at radius 3 is 2.50 bits per heavy atom. The van der Waals surface area contributed by atoms with Crippen molar-refractivity contribution in [3.63, 3.8) is 0 Å². The highest BCUT2D eigenvalue weighted by Gasteiger charge is 2.16. The van der Waals surface area contributed by atoms with Crippen LogP contribution in [0.15, 0.2) is 18.2 Å². The summed E-state index contributed by atoms with van der Waals surface area (Å²) >= 11 is 0. The van der Waals surface area contributed by atoms with E-state index in [1.807, 2.05) is 18.2 Å². The molecule has 16 heavy (non-hydrogen) atoms. The highest BCUT2D eigenvalue weighted by molar-refractivity contribution is 5.38. The maximum Gasteiger partial charge on any atom is 0.123 e. The van der Waals surface area contributed by atoms with E-state index in [0.29, 0.717) is 12.6 Å². The maximum atomic E-state index is 5.92. The first kappa shape index (κ1) is 11.3. The number of hydrogen-bond donors (Lipinski definition) is 1. The second kappa shape index (κ2) is 5.21. The van der Waals surface area contributed by atoms with Crippen LogP contribution in [0.25, 0.3) is 0 Å². The van der Waals surface area contributed by atoms with E-state index in [2.05, 4.69) is 0 Å². The average molecular weight is 221 g/mol. The molecule has 1 saturated carbocycles. The number of rotatable bonds is 4. The molecule has 0 aromatic heterocycles. The zero-order valence-corrected chi connectivity index (χ0v) is 9.74. The normalized spacial score (nSPS) is 16.4. The Morgan fingerprint density at radius 2 is 1.88 bits per heavy atom. The fraction of sp³-hybridized carbons (Fsp3) is 0.538. The van der Waals surface area contributed by atoms with Crippen LogP contribution in [-0.2, 0) is 6.54 Å². The number of hydrogen-bond acceptors (Lipinski definition) is 3. The third-order valence-electron chi connectivity index (χ3n) is 3.02. The van der Waals surface area contributed by atoms with Gasteiger partial charge in [0.15, 0.2) is 0 Å². The van der Waals surface area contributed by atoms with E-state index >= 15 is 0 Å². The summed E-state index contributed by atoms with van der Waals surface area (Å²) in [6, 6.07) is 5.87. The largest absolute Gasteiger partial charge is 0.497 e. The summed E-state index contributed by atoms with van der Waals surface area (Å²) in [7, 11) is 1.66. The molecule has 1 aliphatic rings. The SMILES string of the molecule is COc1cc(CN)cc(OC2CCCC2)c1. The Morgan fingerprint density at radius 1 is 1.19 bits per heavy atom. The van der Waals surface area contributed by atoms with Gasteiger partial charge in [0.1, 0.15) is 11.5 Å². The van der Waals surface area contributed by atoms with Crippen LogP contribution in [0.2, 0.25) is 0 Å². The van der Waals surface area contributed by atoms with Crippen LogP contribution in [0.5, 0.6) is 11.5 Å². The molecule has 0 aliphatic heterocycles. The Kier molecular flexibility index (Phi) is 3.67. The number of benzene rings is 1. The van der Waals surface area contributed by atoms with Crippen LogP contribution >= 0.6 is 0 Å². The minimum Gasteiger partial charge on any atom is -0.497 e. The standard InChI is InChI=1S/C13H19NO2/c1-15-12-6-10(9-14)7-13(8-12)16-11-4-2-3-5-11/h6-8,11H,2-5,9,14H2,1H3. The second-order valence-corrected chi connectivity index (χ2v) is 4.25. The molecule has 1 aromatic carbocycles. The minimum absolute atomic E-state index is 0.373. The lowest BCUT2D eigenvalue weighted by Gasteiger charge is -2.14. The number of methoxy groups -OCH3 is 1. The Labute approximate surface area is 96.5 Å². The van der Waals surface area contributed by atoms with Crippen molar-refractivity contribution in [2.24, 2.45) is 5.73 Å². The molecule has 0 amide bonds. The van der Waals surface area contributed by atoms with E-state index in [-0.39, 0.29) is 0 Å². The van der Waals surface area contributed by atoms with E-state index < -0.39 is 0 Å². The lowest BCUT2D eigenvalue weighted by Crippen LogP contribution is -2.11. The monoisotopic (exact) mass is 221 g/mol. The average Bonchev–Trinajstić information content (AvgIpc) is 2.81. The van der Waals surface area contributed by atoms with Crippen molar-refractivity contribution in [2.45, 2.75) is 38.3 Å². The quantitative estimate of drug-likeness (QED) is 0.849. The van der Waals surface area contributed by atoms with E-state index in [1.165, 1.54) is 12.8 Å². The fourth-order valence-electron chi connectivity index (χ4n) is 2.13. The molecule has 88 valence electrons. The highest BCUT2D eigenvalue weighted by atomic mass is 16.5. The van der Waals surface area contributed by atoms with Gasteiger partial charge in [-0.15, -0.1) is 0 Å². The highest BCUT2D eigenvalue weighted by Crippen LogP contribution is 2.27. The smallest absolute Gasteiger partial charge is 0.123 e. The molecule has 1 fully saturated rings. The lowest BCUT2D eigenvalue weighted by atomic mass is 10.2. The topological polar surface area (TPSA) is 44.5 Å². The predicted octanol–water partition coefficient (Wildman–Crippen LogP) is 2.48. The molecule has 0 radical (unpaired) electrons. The van der Waals surface area contributed by atoms with Crippen LogP contribution in [0.4, 0.5) is 0 Å². The van der Waals surface area contributed by atoms with Crippen molar-refractivity contribution in [1.82, 2.24) is 0 Å². The summed E-state index contributed by atoms with van der Waals surface area (Å²) in [5.41, 5.74) is 6.69.